The summed E-state index contributed by atoms with van der Waals surface area (Å²) in [6, 6.07) is 4.31. The van der Waals surface area contributed by atoms with E-state index in [-0.39, 0.29) is 0 Å². The van der Waals surface area contributed by atoms with Gasteiger partial charge in [-0.15, -0.1) is 0 Å². The van der Waals surface area contributed by atoms with Crippen molar-refractivity contribution in [1.82, 2.24) is 5.27 Å². The maximum Gasteiger partial charge on any atom is 0.427 e. The SMILES string of the molecule is O=c1c[n+](-c2ccc(C(F)(F)F)cc2)[nH]o1. The number of aromatic amines is 1. The molecule has 0 radical (unpaired) electrons. The van der Waals surface area contributed by atoms with Gasteiger partial charge in [0.2, 0.25) is 5.69 Å². The van der Waals surface area contributed by atoms with Gasteiger partial charge in [0, 0.05) is 12.1 Å². The molecule has 0 fully saturated rings. The minimum atomic E-state index is -4.37. The Morgan fingerprint density at radius 1 is 1.19 bits per heavy atom. The first-order valence-corrected chi connectivity index (χ1v) is 4.24. The molecule has 0 amide bonds. The highest BCUT2D eigenvalue weighted by Gasteiger charge is 2.30. The molecule has 0 atom stereocenters. The van der Waals surface area contributed by atoms with Crippen molar-refractivity contribution in [2.45, 2.75) is 6.18 Å². The molecule has 0 saturated carbocycles. The molecule has 0 bridgehead atoms. The zero-order valence-electron chi connectivity index (χ0n) is 7.78. The average molecular weight is 231 g/mol. The highest BCUT2D eigenvalue weighted by atomic mass is 19.4. The van der Waals surface area contributed by atoms with Gasteiger partial charge in [0.25, 0.3) is 6.20 Å². The van der Waals surface area contributed by atoms with Gasteiger partial charge in [-0.2, -0.15) is 13.2 Å². The Balaban J connectivity index is 2.36. The van der Waals surface area contributed by atoms with E-state index in [9.17, 15) is 18.0 Å². The van der Waals surface area contributed by atoms with E-state index in [1.165, 1.54) is 16.8 Å². The van der Waals surface area contributed by atoms with Crippen molar-refractivity contribution in [1.29, 1.82) is 0 Å². The van der Waals surface area contributed by atoms with Crippen LogP contribution in [-0.4, -0.2) is 5.27 Å². The maximum absolute atomic E-state index is 12.2. The summed E-state index contributed by atoms with van der Waals surface area (Å²) in [5, 5.41) is 2.23. The summed E-state index contributed by atoms with van der Waals surface area (Å²) in [4.78, 5) is 10.7. The van der Waals surface area contributed by atoms with E-state index in [0.29, 0.717) is 5.69 Å². The third-order valence-corrected chi connectivity index (χ3v) is 1.95. The van der Waals surface area contributed by atoms with E-state index in [1.807, 2.05) is 0 Å². The van der Waals surface area contributed by atoms with Crippen molar-refractivity contribution in [2.75, 3.05) is 0 Å². The van der Waals surface area contributed by atoms with Crippen LogP contribution in [0.15, 0.2) is 39.8 Å². The molecule has 1 N–H and O–H groups in total. The van der Waals surface area contributed by atoms with Crippen LogP contribution in [0.3, 0.4) is 0 Å². The molecule has 2 aromatic rings. The van der Waals surface area contributed by atoms with Crippen LogP contribution in [0.25, 0.3) is 5.69 Å². The lowest BCUT2D eigenvalue weighted by molar-refractivity contribution is -0.670. The van der Waals surface area contributed by atoms with E-state index >= 15 is 0 Å². The van der Waals surface area contributed by atoms with Gasteiger partial charge in [-0.1, -0.05) is 0 Å². The molecular formula is C9H6F3N2O2+. The zero-order chi connectivity index (χ0) is 11.8. The second-order valence-electron chi connectivity index (χ2n) is 3.06. The third-order valence-electron chi connectivity index (χ3n) is 1.95. The van der Waals surface area contributed by atoms with E-state index in [4.69, 9.17) is 0 Å². The van der Waals surface area contributed by atoms with Gasteiger partial charge in [0.05, 0.1) is 5.56 Å². The molecule has 84 valence electrons. The van der Waals surface area contributed by atoms with Gasteiger partial charge < -0.3 is 0 Å². The van der Waals surface area contributed by atoms with Crippen LogP contribution in [0.4, 0.5) is 13.2 Å². The quantitative estimate of drug-likeness (QED) is 0.751. The number of aromatic nitrogens is 2. The van der Waals surface area contributed by atoms with Crippen LogP contribution < -0.4 is 10.3 Å². The summed E-state index contributed by atoms with van der Waals surface area (Å²) in [5.74, 6) is 0. The molecule has 0 spiro atoms. The van der Waals surface area contributed by atoms with Gasteiger partial charge in [-0.05, 0) is 22.1 Å². The zero-order valence-corrected chi connectivity index (χ0v) is 7.78. The van der Waals surface area contributed by atoms with E-state index < -0.39 is 17.4 Å². The predicted octanol–water partition coefficient (Wildman–Crippen LogP) is 1.26. The summed E-state index contributed by atoms with van der Waals surface area (Å²) >= 11 is 0. The molecule has 2 rings (SSSR count). The van der Waals surface area contributed by atoms with Crippen molar-refractivity contribution in [2.24, 2.45) is 0 Å². The molecule has 0 saturated heterocycles. The molecule has 0 aliphatic rings. The number of halogens is 3. The fraction of sp³-hybridized carbons (Fsp3) is 0.111. The van der Waals surface area contributed by atoms with Crippen molar-refractivity contribution in [3.63, 3.8) is 0 Å². The normalized spacial score (nSPS) is 11.7. The molecule has 7 heteroatoms. The first-order chi connectivity index (χ1) is 7.47. The van der Waals surface area contributed by atoms with E-state index in [0.717, 1.165) is 18.3 Å². The second-order valence-corrected chi connectivity index (χ2v) is 3.06. The molecule has 16 heavy (non-hydrogen) atoms. The van der Waals surface area contributed by atoms with Crippen LogP contribution in [0.2, 0.25) is 0 Å². The summed E-state index contributed by atoms with van der Waals surface area (Å²) in [6.45, 7) is 0. The predicted molar refractivity (Wildman–Crippen MR) is 45.9 cm³/mol. The molecule has 1 aromatic carbocycles. The highest BCUT2D eigenvalue weighted by molar-refractivity contribution is 5.28. The smallest absolute Gasteiger partial charge is 0.283 e. The lowest BCUT2D eigenvalue weighted by Crippen LogP contribution is -2.32. The molecule has 0 aliphatic heterocycles. The van der Waals surface area contributed by atoms with Gasteiger partial charge in [0.1, 0.15) is 0 Å². The summed E-state index contributed by atoms with van der Waals surface area (Å²) < 4.78 is 42.3. The van der Waals surface area contributed by atoms with Crippen LogP contribution in [0.1, 0.15) is 5.56 Å². The Labute approximate surface area is 86.9 Å². The number of hydrogen-bond acceptors (Lipinski definition) is 2. The lowest BCUT2D eigenvalue weighted by Gasteiger charge is -2.04. The Bertz CT molecular complexity index is 539. The van der Waals surface area contributed by atoms with Crippen molar-refractivity contribution in [3.8, 4) is 5.69 Å². The Morgan fingerprint density at radius 3 is 2.25 bits per heavy atom. The Hall–Kier alpha value is -2.05. The molecule has 0 aliphatic carbocycles. The lowest BCUT2D eigenvalue weighted by atomic mass is 10.2. The van der Waals surface area contributed by atoms with Crippen LogP contribution in [0, 0.1) is 0 Å². The number of nitrogens with zero attached hydrogens (tertiary/aromatic N) is 1. The van der Waals surface area contributed by atoms with E-state index in [2.05, 4.69) is 9.79 Å². The largest absolute Gasteiger partial charge is 0.427 e. The van der Waals surface area contributed by atoms with E-state index in [1.54, 1.807) is 0 Å². The standard InChI is InChI=1S/C9H5F3N2O2/c10-9(11,12)6-1-3-7(4-2-6)14-5-8(15)16-13-14/h1-5H/p+1. The Kier molecular flexibility index (Phi) is 2.30. The number of H-pyrrole nitrogens is 1. The first kappa shape index (κ1) is 10.5. The average Bonchev–Trinajstić information content (AvgIpc) is 2.64. The monoisotopic (exact) mass is 231 g/mol. The van der Waals surface area contributed by atoms with Crippen molar-refractivity contribution in [3.05, 3.63) is 46.4 Å². The maximum atomic E-state index is 12.2. The van der Waals surface area contributed by atoms with Gasteiger partial charge in [-0.25, -0.2) is 4.79 Å². The molecule has 0 unspecified atom stereocenters. The van der Waals surface area contributed by atoms with Gasteiger partial charge in [-0.3, -0.25) is 4.52 Å². The fourth-order valence-electron chi connectivity index (χ4n) is 1.19. The highest BCUT2D eigenvalue weighted by Crippen LogP contribution is 2.28. The first-order valence-electron chi connectivity index (χ1n) is 4.24. The van der Waals surface area contributed by atoms with Crippen LogP contribution in [0.5, 0.6) is 0 Å². The summed E-state index contributed by atoms with van der Waals surface area (Å²) in [6.07, 6.45) is -3.28. The molecule has 1 heterocycles. The molecule has 4 nitrogen and oxygen atoms in total. The number of rotatable bonds is 1. The minimum absolute atomic E-state index is 0.374. The molecular weight excluding hydrogens is 225 g/mol. The van der Waals surface area contributed by atoms with Crippen molar-refractivity contribution >= 4 is 0 Å². The third kappa shape index (κ3) is 1.97. The number of alkyl halides is 3. The van der Waals surface area contributed by atoms with Gasteiger partial charge >= 0.3 is 11.8 Å². The fourth-order valence-corrected chi connectivity index (χ4v) is 1.19. The number of hydrogen-bond donors (Lipinski definition) is 1. The van der Waals surface area contributed by atoms with Crippen molar-refractivity contribution < 1.29 is 22.4 Å². The summed E-state index contributed by atoms with van der Waals surface area (Å²) in [5.41, 5.74) is -0.985. The number of benzene rings is 1. The Morgan fingerprint density at radius 2 is 1.81 bits per heavy atom. The second kappa shape index (κ2) is 3.51. The van der Waals surface area contributed by atoms with Gasteiger partial charge in [0.15, 0.2) is 0 Å². The topological polar surface area (TPSA) is 49.9 Å². The summed E-state index contributed by atoms with van der Waals surface area (Å²) in [7, 11) is 0. The van der Waals surface area contributed by atoms with Crippen LogP contribution >= 0.6 is 0 Å². The van der Waals surface area contributed by atoms with Crippen LogP contribution in [-0.2, 0) is 6.18 Å². The minimum Gasteiger partial charge on any atom is -0.283 e. The molecule has 1 aromatic heterocycles. The number of nitrogens with one attached hydrogen (secondary N) is 1.